The number of hydrogen-bond acceptors (Lipinski definition) is 4. The van der Waals surface area contributed by atoms with E-state index in [2.05, 4.69) is 35.1 Å². The molecule has 0 aliphatic heterocycles. The summed E-state index contributed by atoms with van der Waals surface area (Å²) in [5.41, 5.74) is 0. The van der Waals surface area contributed by atoms with Crippen molar-refractivity contribution >= 4 is 23.6 Å². The average Bonchev–Trinajstić information content (AvgIpc) is 2.89. The molecule has 0 saturated heterocycles. The van der Waals surface area contributed by atoms with E-state index in [1.165, 1.54) is 96.8 Å². The quantitative estimate of drug-likeness (QED) is 0.118. The smallest absolute Gasteiger partial charge is 0.242 e. The van der Waals surface area contributed by atoms with Crippen LogP contribution in [0, 0.1) is 5.92 Å². The third-order valence-electron chi connectivity index (χ3n) is 7.31. The van der Waals surface area contributed by atoms with Gasteiger partial charge < -0.3 is 21.3 Å². The number of amides is 4. The Morgan fingerprint density at radius 1 is 0.513 bits per heavy atom. The molecular weight excluding hydrogens is 492 g/mol. The first kappa shape index (κ1) is 36.9. The molecule has 0 aromatic carbocycles. The van der Waals surface area contributed by atoms with E-state index in [4.69, 9.17) is 0 Å². The van der Waals surface area contributed by atoms with Gasteiger partial charge in [-0.1, -0.05) is 104 Å². The van der Waals surface area contributed by atoms with Crippen molar-refractivity contribution in [2.24, 2.45) is 5.92 Å². The third-order valence-corrected chi connectivity index (χ3v) is 7.31. The Morgan fingerprint density at radius 2 is 0.872 bits per heavy atom. The van der Waals surface area contributed by atoms with E-state index in [0.717, 1.165) is 12.8 Å². The van der Waals surface area contributed by atoms with Gasteiger partial charge >= 0.3 is 0 Å². The van der Waals surface area contributed by atoms with Crippen LogP contribution >= 0.6 is 0 Å². The minimum atomic E-state index is -0.827. The van der Waals surface area contributed by atoms with Crippen LogP contribution in [0.25, 0.3) is 0 Å². The highest BCUT2D eigenvalue weighted by atomic mass is 16.2. The molecule has 8 heteroatoms. The minimum Gasteiger partial charge on any atom is -0.354 e. The molecule has 0 radical (unpaired) electrons. The summed E-state index contributed by atoms with van der Waals surface area (Å²) in [4.78, 5) is 48.6. The lowest BCUT2D eigenvalue weighted by Gasteiger charge is -2.22. The molecule has 4 atom stereocenters. The van der Waals surface area contributed by atoms with Gasteiger partial charge in [-0.2, -0.15) is 0 Å². The fraction of sp³-hybridized carbons (Fsp3) is 0.871. The highest BCUT2D eigenvalue weighted by Crippen LogP contribution is 2.19. The Hall–Kier alpha value is -2.12. The van der Waals surface area contributed by atoms with Crippen LogP contribution in [-0.2, 0) is 19.2 Å². The van der Waals surface area contributed by atoms with Crippen molar-refractivity contribution in [3.63, 3.8) is 0 Å². The second kappa shape index (κ2) is 23.7. The molecule has 4 N–H and O–H groups in total. The number of carbonyl (C=O) groups is 4. The lowest BCUT2D eigenvalue weighted by Crippen LogP contribution is -2.54. The van der Waals surface area contributed by atoms with Crippen LogP contribution in [0.15, 0.2) is 0 Å². The Morgan fingerprint density at radius 3 is 1.28 bits per heavy atom. The summed E-state index contributed by atoms with van der Waals surface area (Å²) in [7, 11) is 0. The predicted octanol–water partition coefficient (Wildman–Crippen LogP) is 5.53. The SMILES string of the molecule is CCCCCCCCCCC(CCCCCCCC)CNC(=O)[C@H](C)NC(=O)[C@H](C)NC(=O)[C@H](C)NC(C)=O. The van der Waals surface area contributed by atoms with Gasteiger partial charge in [-0.3, -0.25) is 19.2 Å². The third kappa shape index (κ3) is 20.4. The Kier molecular flexibility index (Phi) is 22.5. The van der Waals surface area contributed by atoms with Gasteiger partial charge in [-0.05, 0) is 39.5 Å². The molecule has 0 rings (SSSR count). The van der Waals surface area contributed by atoms with E-state index >= 15 is 0 Å². The van der Waals surface area contributed by atoms with Crippen molar-refractivity contribution in [1.29, 1.82) is 0 Å². The fourth-order valence-corrected chi connectivity index (χ4v) is 4.71. The topological polar surface area (TPSA) is 116 Å². The van der Waals surface area contributed by atoms with Crippen molar-refractivity contribution in [3.8, 4) is 0 Å². The molecule has 0 spiro atoms. The molecule has 0 saturated carbocycles. The summed E-state index contributed by atoms with van der Waals surface area (Å²) in [5.74, 6) is -0.974. The van der Waals surface area contributed by atoms with E-state index in [1.807, 2.05) is 0 Å². The lowest BCUT2D eigenvalue weighted by molar-refractivity contribution is -0.132. The Labute approximate surface area is 239 Å². The standard InChI is InChI=1S/C31H60N4O4/c1-7-9-11-13-15-16-18-20-22-28(21-19-17-14-12-10-8-2)23-32-29(37)24(3)34-31(39)26(5)35-30(38)25(4)33-27(6)36/h24-26,28H,7-23H2,1-6H3,(H,32,37)(H,33,36)(H,34,39)(H,35,38)/t24-,25-,26-,28?/m0/s1. The van der Waals surface area contributed by atoms with Crippen molar-refractivity contribution in [2.75, 3.05) is 6.54 Å². The van der Waals surface area contributed by atoms with Crippen LogP contribution in [-0.4, -0.2) is 48.3 Å². The highest BCUT2D eigenvalue weighted by Gasteiger charge is 2.23. The first-order valence-electron chi connectivity index (χ1n) is 15.8. The molecular formula is C31H60N4O4. The number of nitrogens with one attached hydrogen (secondary N) is 4. The molecule has 39 heavy (non-hydrogen) atoms. The molecule has 1 unspecified atom stereocenters. The summed E-state index contributed by atoms with van der Waals surface area (Å²) in [6.07, 6.45) is 20.2. The van der Waals surface area contributed by atoms with Crippen LogP contribution in [0.5, 0.6) is 0 Å². The van der Waals surface area contributed by atoms with Gasteiger partial charge in [0, 0.05) is 13.5 Å². The summed E-state index contributed by atoms with van der Waals surface area (Å²) in [5, 5.41) is 10.8. The van der Waals surface area contributed by atoms with E-state index in [0.29, 0.717) is 12.5 Å². The van der Waals surface area contributed by atoms with Crippen LogP contribution in [0.4, 0.5) is 0 Å². The van der Waals surface area contributed by atoms with Crippen LogP contribution < -0.4 is 21.3 Å². The summed E-state index contributed by atoms with van der Waals surface area (Å²) in [6, 6.07) is -2.28. The highest BCUT2D eigenvalue weighted by molar-refractivity contribution is 5.93. The second-order valence-electron chi connectivity index (χ2n) is 11.3. The van der Waals surface area contributed by atoms with Gasteiger partial charge in [0.05, 0.1) is 0 Å². The largest absolute Gasteiger partial charge is 0.354 e. The fourth-order valence-electron chi connectivity index (χ4n) is 4.71. The minimum absolute atomic E-state index is 0.211. The Balaban J connectivity index is 4.57. The van der Waals surface area contributed by atoms with Crippen molar-refractivity contribution in [1.82, 2.24) is 21.3 Å². The van der Waals surface area contributed by atoms with Crippen LogP contribution in [0.1, 0.15) is 144 Å². The first-order chi connectivity index (χ1) is 18.6. The van der Waals surface area contributed by atoms with Gasteiger partial charge in [0.2, 0.25) is 23.6 Å². The maximum atomic E-state index is 12.7. The number of carbonyl (C=O) groups excluding carboxylic acids is 4. The monoisotopic (exact) mass is 552 g/mol. The van der Waals surface area contributed by atoms with Gasteiger partial charge in [0.15, 0.2) is 0 Å². The number of unbranched alkanes of at least 4 members (excludes halogenated alkanes) is 12. The molecule has 4 amide bonds. The molecule has 0 aromatic rings. The first-order valence-corrected chi connectivity index (χ1v) is 15.8. The zero-order valence-electron chi connectivity index (χ0n) is 26.0. The number of rotatable bonds is 24. The van der Waals surface area contributed by atoms with E-state index in [-0.39, 0.29) is 11.8 Å². The van der Waals surface area contributed by atoms with Gasteiger partial charge in [-0.15, -0.1) is 0 Å². The summed E-state index contributed by atoms with van der Waals surface area (Å²) in [6.45, 7) is 11.2. The molecule has 0 aliphatic carbocycles. The van der Waals surface area contributed by atoms with Crippen molar-refractivity contribution < 1.29 is 19.2 Å². The van der Waals surface area contributed by atoms with Gasteiger partial charge in [0.25, 0.3) is 0 Å². The van der Waals surface area contributed by atoms with E-state index in [9.17, 15) is 19.2 Å². The van der Waals surface area contributed by atoms with Gasteiger partial charge in [-0.25, -0.2) is 0 Å². The molecule has 8 nitrogen and oxygen atoms in total. The van der Waals surface area contributed by atoms with E-state index in [1.54, 1.807) is 20.8 Å². The van der Waals surface area contributed by atoms with Crippen molar-refractivity contribution in [3.05, 3.63) is 0 Å². The Bertz CT molecular complexity index is 686. The van der Waals surface area contributed by atoms with Crippen molar-refractivity contribution in [2.45, 2.75) is 162 Å². The molecule has 228 valence electrons. The molecule has 0 fully saturated rings. The van der Waals surface area contributed by atoms with E-state index < -0.39 is 29.9 Å². The maximum Gasteiger partial charge on any atom is 0.242 e. The van der Waals surface area contributed by atoms with Crippen LogP contribution in [0.3, 0.4) is 0 Å². The van der Waals surface area contributed by atoms with Crippen LogP contribution in [0.2, 0.25) is 0 Å². The molecule has 0 aliphatic rings. The van der Waals surface area contributed by atoms with Gasteiger partial charge in [0.1, 0.15) is 18.1 Å². The summed E-state index contributed by atoms with van der Waals surface area (Å²) >= 11 is 0. The maximum absolute atomic E-state index is 12.7. The normalized spacial score (nSPS) is 14.1. The number of hydrogen-bond donors (Lipinski definition) is 4. The second-order valence-corrected chi connectivity index (χ2v) is 11.3. The summed E-state index contributed by atoms with van der Waals surface area (Å²) < 4.78 is 0. The zero-order chi connectivity index (χ0) is 29.5. The molecule has 0 bridgehead atoms. The average molecular weight is 553 g/mol. The predicted molar refractivity (Wildman–Crippen MR) is 160 cm³/mol. The lowest BCUT2D eigenvalue weighted by atomic mass is 9.94. The molecule has 0 aromatic heterocycles. The molecule has 0 heterocycles. The zero-order valence-corrected chi connectivity index (χ0v) is 26.0.